The zero-order chi connectivity index (χ0) is 20.4. The lowest BCUT2D eigenvalue weighted by Crippen LogP contribution is -2.37. The molecule has 0 aliphatic rings. The molecule has 5 heteroatoms. The first-order valence-electron chi connectivity index (χ1n) is 9.48. The van der Waals surface area contributed by atoms with E-state index in [0.717, 1.165) is 22.4 Å². The van der Waals surface area contributed by atoms with Crippen molar-refractivity contribution in [1.82, 2.24) is 4.98 Å². The topological polar surface area (TPSA) is 71.1 Å². The molecule has 5 nitrogen and oxygen atoms in total. The van der Waals surface area contributed by atoms with E-state index >= 15 is 0 Å². The molecule has 1 atom stereocenters. The predicted molar refractivity (Wildman–Crippen MR) is 118 cm³/mol. The van der Waals surface area contributed by atoms with E-state index in [1.54, 1.807) is 12.3 Å². The Morgan fingerprint density at radius 3 is 2.38 bits per heavy atom. The van der Waals surface area contributed by atoms with Crippen LogP contribution in [0.3, 0.4) is 0 Å². The van der Waals surface area contributed by atoms with Crippen LogP contribution in [-0.4, -0.2) is 4.98 Å². The molecule has 1 heterocycles. The maximum atomic E-state index is 12.2. The van der Waals surface area contributed by atoms with Crippen molar-refractivity contribution in [2.45, 2.75) is 19.9 Å². The maximum Gasteiger partial charge on any atom is 0.253 e. The van der Waals surface area contributed by atoms with E-state index in [0.29, 0.717) is 17.1 Å². The number of aryl methyl sites for hydroxylation is 1. The van der Waals surface area contributed by atoms with Gasteiger partial charge in [0.2, 0.25) is 0 Å². The third-order valence-electron chi connectivity index (χ3n) is 4.91. The van der Waals surface area contributed by atoms with Crippen LogP contribution in [0.15, 0.2) is 82.5 Å². The third-order valence-corrected chi connectivity index (χ3v) is 4.91. The molecule has 0 saturated heterocycles. The largest absolute Gasteiger partial charge is 0.373 e. The SMILES string of the molecule is Cc1cccc(-c2cc(Nc3c(N[C@H](C)c4ccccc4)c(=O)c3=O)ccn2)c1. The minimum absolute atomic E-state index is 0.0969. The van der Waals surface area contributed by atoms with E-state index in [9.17, 15) is 9.59 Å². The van der Waals surface area contributed by atoms with Crippen molar-refractivity contribution in [1.29, 1.82) is 0 Å². The zero-order valence-electron chi connectivity index (χ0n) is 16.3. The second-order valence-electron chi connectivity index (χ2n) is 7.11. The van der Waals surface area contributed by atoms with Crippen molar-refractivity contribution in [3.63, 3.8) is 0 Å². The summed E-state index contributed by atoms with van der Waals surface area (Å²) in [6.07, 6.45) is 1.69. The lowest BCUT2D eigenvalue weighted by atomic mass is 10.1. The van der Waals surface area contributed by atoms with Crippen LogP contribution in [0.4, 0.5) is 17.1 Å². The highest BCUT2D eigenvalue weighted by molar-refractivity contribution is 5.80. The highest BCUT2D eigenvalue weighted by Gasteiger charge is 2.23. The molecule has 0 radical (unpaired) electrons. The first kappa shape index (κ1) is 18.6. The van der Waals surface area contributed by atoms with E-state index in [-0.39, 0.29) is 6.04 Å². The Bertz CT molecular complexity index is 1220. The lowest BCUT2D eigenvalue weighted by Gasteiger charge is -2.20. The van der Waals surface area contributed by atoms with Crippen molar-refractivity contribution >= 4 is 17.1 Å². The Labute approximate surface area is 168 Å². The van der Waals surface area contributed by atoms with Crippen molar-refractivity contribution in [3.8, 4) is 11.3 Å². The van der Waals surface area contributed by atoms with E-state index < -0.39 is 10.9 Å². The molecule has 0 fully saturated rings. The number of benzene rings is 2. The van der Waals surface area contributed by atoms with Crippen LogP contribution in [0, 0.1) is 6.92 Å². The highest BCUT2D eigenvalue weighted by Crippen LogP contribution is 2.27. The Morgan fingerprint density at radius 1 is 0.862 bits per heavy atom. The average Bonchev–Trinajstić information content (AvgIpc) is 2.76. The van der Waals surface area contributed by atoms with E-state index in [1.807, 2.05) is 68.4 Å². The molecule has 1 aromatic heterocycles. The number of nitrogens with one attached hydrogen (secondary N) is 2. The Kier molecular flexibility index (Phi) is 4.96. The average molecular weight is 383 g/mol. The predicted octanol–water partition coefficient (Wildman–Crippen LogP) is 4.57. The maximum absolute atomic E-state index is 12.2. The molecule has 144 valence electrons. The van der Waals surface area contributed by atoms with Gasteiger partial charge >= 0.3 is 0 Å². The van der Waals surface area contributed by atoms with Crippen LogP contribution in [0.1, 0.15) is 24.1 Å². The molecule has 2 N–H and O–H groups in total. The lowest BCUT2D eigenvalue weighted by molar-refractivity contribution is 0.880. The fourth-order valence-corrected chi connectivity index (χ4v) is 3.31. The number of anilines is 3. The Balaban J connectivity index is 1.58. The summed E-state index contributed by atoms with van der Waals surface area (Å²) in [4.78, 5) is 28.7. The summed E-state index contributed by atoms with van der Waals surface area (Å²) in [6, 6.07) is 21.4. The second-order valence-corrected chi connectivity index (χ2v) is 7.11. The second kappa shape index (κ2) is 7.72. The third kappa shape index (κ3) is 3.80. The Hall–Kier alpha value is -3.73. The van der Waals surface area contributed by atoms with Gasteiger partial charge in [0, 0.05) is 23.5 Å². The molecule has 4 aromatic rings. The fraction of sp³-hybridized carbons (Fsp3) is 0.125. The first-order valence-corrected chi connectivity index (χ1v) is 9.48. The van der Waals surface area contributed by atoms with Gasteiger partial charge in [-0.15, -0.1) is 0 Å². The number of pyridine rings is 1. The van der Waals surface area contributed by atoms with Gasteiger partial charge in [-0.3, -0.25) is 14.6 Å². The minimum Gasteiger partial charge on any atom is -0.373 e. The molecular weight excluding hydrogens is 362 g/mol. The standard InChI is InChI=1S/C24H21N3O2/c1-15-7-6-10-18(13-15)20-14-19(11-12-25-20)27-22-21(23(28)24(22)29)26-16(2)17-8-4-3-5-9-17/h3-14,16,26H,1-2H3,(H,25,27)/t16-/m1/s1. The van der Waals surface area contributed by atoms with Crippen LogP contribution in [-0.2, 0) is 0 Å². The van der Waals surface area contributed by atoms with E-state index in [4.69, 9.17) is 0 Å². The quantitative estimate of drug-likeness (QED) is 0.477. The zero-order valence-corrected chi connectivity index (χ0v) is 16.3. The van der Waals surface area contributed by atoms with E-state index in [2.05, 4.69) is 21.7 Å². The van der Waals surface area contributed by atoms with Crippen LogP contribution < -0.4 is 21.5 Å². The Morgan fingerprint density at radius 2 is 1.62 bits per heavy atom. The van der Waals surface area contributed by atoms with Crippen LogP contribution >= 0.6 is 0 Å². The normalized spacial score (nSPS) is 11.9. The van der Waals surface area contributed by atoms with Gasteiger partial charge in [0.05, 0.1) is 5.69 Å². The van der Waals surface area contributed by atoms with Gasteiger partial charge in [0.25, 0.3) is 10.9 Å². The minimum atomic E-state index is -0.512. The number of aromatic nitrogens is 1. The molecule has 0 aliphatic heterocycles. The molecule has 4 rings (SSSR count). The summed E-state index contributed by atoms with van der Waals surface area (Å²) >= 11 is 0. The van der Waals surface area contributed by atoms with Crippen molar-refractivity contribution in [2.75, 3.05) is 10.6 Å². The number of rotatable bonds is 6. The molecule has 0 aliphatic carbocycles. The first-order chi connectivity index (χ1) is 14.0. The van der Waals surface area contributed by atoms with Crippen molar-refractivity contribution in [2.24, 2.45) is 0 Å². The molecule has 0 spiro atoms. The van der Waals surface area contributed by atoms with Crippen molar-refractivity contribution < 1.29 is 0 Å². The summed E-state index contributed by atoms with van der Waals surface area (Å²) in [5.41, 5.74) is 4.28. The summed E-state index contributed by atoms with van der Waals surface area (Å²) in [5, 5.41) is 6.27. The van der Waals surface area contributed by atoms with Gasteiger partial charge in [-0.05, 0) is 37.6 Å². The van der Waals surface area contributed by atoms with Crippen LogP contribution in [0.2, 0.25) is 0 Å². The summed E-state index contributed by atoms with van der Waals surface area (Å²) in [5.74, 6) is 0. The summed E-state index contributed by atoms with van der Waals surface area (Å²) in [7, 11) is 0. The molecule has 0 unspecified atom stereocenters. The van der Waals surface area contributed by atoms with Gasteiger partial charge < -0.3 is 10.6 Å². The van der Waals surface area contributed by atoms with Crippen LogP contribution in [0.25, 0.3) is 11.3 Å². The molecule has 0 amide bonds. The number of hydrogen-bond acceptors (Lipinski definition) is 5. The number of hydrogen-bond donors (Lipinski definition) is 2. The van der Waals surface area contributed by atoms with Gasteiger partial charge in [0.1, 0.15) is 11.4 Å². The molecule has 0 saturated carbocycles. The highest BCUT2D eigenvalue weighted by atomic mass is 16.2. The van der Waals surface area contributed by atoms with Gasteiger partial charge in [0.15, 0.2) is 0 Å². The molecule has 0 bridgehead atoms. The van der Waals surface area contributed by atoms with Crippen molar-refractivity contribution in [3.05, 3.63) is 105 Å². The van der Waals surface area contributed by atoms with Gasteiger partial charge in [-0.2, -0.15) is 0 Å². The smallest absolute Gasteiger partial charge is 0.253 e. The van der Waals surface area contributed by atoms with Crippen LogP contribution in [0.5, 0.6) is 0 Å². The number of nitrogens with zero attached hydrogens (tertiary/aromatic N) is 1. The monoisotopic (exact) mass is 383 g/mol. The fourth-order valence-electron chi connectivity index (χ4n) is 3.31. The van der Waals surface area contributed by atoms with Gasteiger partial charge in [-0.25, -0.2) is 0 Å². The summed E-state index contributed by atoms with van der Waals surface area (Å²) < 4.78 is 0. The summed E-state index contributed by atoms with van der Waals surface area (Å²) in [6.45, 7) is 3.99. The van der Waals surface area contributed by atoms with E-state index in [1.165, 1.54) is 0 Å². The molecule has 3 aromatic carbocycles. The molecular formula is C24H21N3O2. The molecule has 29 heavy (non-hydrogen) atoms. The van der Waals surface area contributed by atoms with Gasteiger partial charge in [-0.1, -0.05) is 54.1 Å².